The summed E-state index contributed by atoms with van der Waals surface area (Å²) in [5.74, 6) is -0.589. The molecule has 0 spiro atoms. The number of carbonyl (C=O) groups is 1. The largest absolute Gasteiger partial charge is 0.416 e. The first-order chi connectivity index (χ1) is 16.8. The van der Waals surface area contributed by atoms with E-state index < -0.39 is 23.2 Å². The van der Waals surface area contributed by atoms with Crippen molar-refractivity contribution in [1.82, 2.24) is 19.7 Å². The lowest BCUT2D eigenvalue weighted by atomic mass is 10.0. The molecule has 0 atom stereocenters. The molecule has 35 heavy (non-hydrogen) atoms. The van der Waals surface area contributed by atoms with Crippen LogP contribution in [-0.2, 0) is 12.7 Å². The average molecular weight is 480 g/mol. The van der Waals surface area contributed by atoms with Gasteiger partial charge >= 0.3 is 6.18 Å². The number of benzene rings is 2. The van der Waals surface area contributed by atoms with Crippen LogP contribution in [0.1, 0.15) is 28.0 Å². The van der Waals surface area contributed by atoms with Crippen LogP contribution in [0.3, 0.4) is 0 Å². The van der Waals surface area contributed by atoms with E-state index in [9.17, 15) is 22.8 Å². The molecular weight excluding hydrogens is 457 g/mol. The number of nitrogens with one attached hydrogen (secondary N) is 1. The van der Waals surface area contributed by atoms with Crippen molar-refractivity contribution in [3.8, 4) is 16.8 Å². The predicted octanol–water partition coefficient (Wildman–Crippen LogP) is 4.85. The SMILES string of the molecule is Cc1c(-c2ccccc2)cc(C(=O)NCCCn2cccn2)c(=O)n1-c1cccc(C(F)(F)F)c1. The molecule has 0 bridgehead atoms. The molecule has 1 N–H and O–H groups in total. The maximum atomic E-state index is 13.4. The Kier molecular flexibility index (Phi) is 6.86. The summed E-state index contributed by atoms with van der Waals surface area (Å²) in [6, 6.07) is 16.9. The molecule has 0 aliphatic rings. The van der Waals surface area contributed by atoms with E-state index in [1.807, 2.05) is 36.5 Å². The lowest BCUT2D eigenvalue weighted by molar-refractivity contribution is -0.137. The van der Waals surface area contributed by atoms with Gasteiger partial charge < -0.3 is 5.32 Å². The standard InChI is InChI=1S/C26H23F3N4O2/c1-18-22(19-8-3-2-4-9-19)17-23(24(34)30-12-6-14-32-15-7-13-31-32)25(35)33(18)21-11-5-10-20(16-21)26(27,28)29/h2-5,7-11,13,15-17H,6,12,14H2,1H3,(H,30,34). The lowest BCUT2D eigenvalue weighted by Crippen LogP contribution is -2.34. The third-order valence-electron chi connectivity index (χ3n) is 5.62. The van der Waals surface area contributed by atoms with E-state index >= 15 is 0 Å². The molecule has 0 saturated heterocycles. The van der Waals surface area contributed by atoms with Crippen molar-refractivity contribution in [3.63, 3.8) is 0 Å². The van der Waals surface area contributed by atoms with Gasteiger partial charge in [0.1, 0.15) is 5.56 Å². The van der Waals surface area contributed by atoms with Crippen LogP contribution in [0, 0.1) is 6.92 Å². The maximum Gasteiger partial charge on any atom is 0.416 e. The quantitative estimate of drug-likeness (QED) is 0.385. The topological polar surface area (TPSA) is 68.9 Å². The first-order valence-electron chi connectivity index (χ1n) is 11.0. The number of pyridine rings is 1. The number of alkyl halides is 3. The van der Waals surface area contributed by atoms with Crippen LogP contribution in [0.5, 0.6) is 0 Å². The second kappa shape index (κ2) is 10.0. The molecule has 0 radical (unpaired) electrons. The van der Waals surface area contributed by atoms with Gasteiger partial charge in [0.05, 0.1) is 5.56 Å². The van der Waals surface area contributed by atoms with Crippen molar-refractivity contribution in [2.45, 2.75) is 26.1 Å². The minimum absolute atomic E-state index is 0.0350. The number of carbonyl (C=O) groups excluding carboxylic acids is 1. The number of rotatable bonds is 7. The van der Waals surface area contributed by atoms with E-state index in [4.69, 9.17) is 0 Å². The molecule has 9 heteroatoms. The van der Waals surface area contributed by atoms with Crippen LogP contribution in [0.4, 0.5) is 13.2 Å². The second-order valence-corrected chi connectivity index (χ2v) is 7.99. The van der Waals surface area contributed by atoms with Gasteiger partial charge in [0.25, 0.3) is 11.5 Å². The fraction of sp³-hybridized carbons (Fsp3) is 0.192. The van der Waals surface area contributed by atoms with Crippen LogP contribution < -0.4 is 10.9 Å². The van der Waals surface area contributed by atoms with E-state index in [0.29, 0.717) is 30.8 Å². The van der Waals surface area contributed by atoms with E-state index in [1.54, 1.807) is 23.9 Å². The van der Waals surface area contributed by atoms with Crippen molar-refractivity contribution in [2.24, 2.45) is 0 Å². The fourth-order valence-electron chi connectivity index (χ4n) is 3.88. The molecule has 2 heterocycles. The van der Waals surface area contributed by atoms with Crippen molar-refractivity contribution in [2.75, 3.05) is 6.54 Å². The van der Waals surface area contributed by atoms with Crippen LogP contribution in [0.15, 0.2) is 83.9 Å². The van der Waals surface area contributed by atoms with Gasteiger partial charge in [-0.15, -0.1) is 0 Å². The third kappa shape index (κ3) is 5.34. The van der Waals surface area contributed by atoms with Gasteiger partial charge in [0, 0.05) is 42.4 Å². The summed E-state index contributed by atoms with van der Waals surface area (Å²) in [4.78, 5) is 26.4. The molecule has 180 valence electrons. The summed E-state index contributed by atoms with van der Waals surface area (Å²) in [6.45, 7) is 2.54. The zero-order valence-electron chi connectivity index (χ0n) is 18.9. The molecule has 0 aliphatic carbocycles. The third-order valence-corrected chi connectivity index (χ3v) is 5.62. The highest BCUT2D eigenvalue weighted by atomic mass is 19.4. The van der Waals surface area contributed by atoms with Gasteiger partial charge in [-0.1, -0.05) is 36.4 Å². The van der Waals surface area contributed by atoms with Crippen molar-refractivity contribution < 1.29 is 18.0 Å². The zero-order chi connectivity index (χ0) is 25.0. The summed E-state index contributed by atoms with van der Waals surface area (Å²) in [5, 5.41) is 6.84. The van der Waals surface area contributed by atoms with Gasteiger partial charge in [-0.3, -0.25) is 18.8 Å². The summed E-state index contributed by atoms with van der Waals surface area (Å²) in [7, 11) is 0. The Hall–Kier alpha value is -4.14. The van der Waals surface area contributed by atoms with Gasteiger partial charge in [0.2, 0.25) is 0 Å². The normalized spacial score (nSPS) is 11.4. The summed E-state index contributed by atoms with van der Waals surface area (Å²) in [6.07, 6.45) is -0.514. The van der Waals surface area contributed by atoms with E-state index in [2.05, 4.69) is 10.4 Å². The Morgan fingerprint density at radius 2 is 1.80 bits per heavy atom. The summed E-state index contributed by atoms with van der Waals surface area (Å²) < 4.78 is 43.0. The summed E-state index contributed by atoms with van der Waals surface area (Å²) in [5.41, 5.74) is 0.0550. The minimum Gasteiger partial charge on any atom is -0.352 e. The van der Waals surface area contributed by atoms with Gasteiger partial charge in [-0.25, -0.2) is 0 Å². The Morgan fingerprint density at radius 3 is 2.49 bits per heavy atom. The average Bonchev–Trinajstić information content (AvgIpc) is 3.36. The highest BCUT2D eigenvalue weighted by molar-refractivity contribution is 5.95. The molecule has 0 aliphatic heterocycles. The number of halogens is 3. The Balaban J connectivity index is 1.74. The smallest absolute Gasteiger partial charge is 0.352 e. The van der Waals surface area contributed by atoms with Gasteiger partial charge in [0.15, 0.2) is 0 Å². The first-order valence-corrected chi connectivity index (χ1v) is 11.0. The Labute approximate surface area is 199 Å². The van der Waals surface area contributed by atoms with Gasteiger partial charge in [-0.2, -0.15) is 18.3 Å². The highest BCUT2D eigenvalue weighted by Gasteiger charge is 2.31. The van der Waals surface area contributed by atoms with E-state index in [0.717, 1.165) is 22.3 Å². The molecule has 1 amide bonds. The molecule has 0 unspecified atom stereocenters. The lowest BCUT2D eigenvalue weighted by Gasteiger charge is -2.18. The zero-order valence-corrected chi connectivity index (χ0v) is 18.9. The van der Waals surface area contributed by atoms with Crippen LogP contribution >= 0.6 is 0 Å². The minimum atomic E-state index is -4.57. The monoisotopic (exact) mass is 480 g/mol. The molecular formula is C26H23F3N4O2. The van der Waals surface area contributed by atoms with Gasteiger partial charge in [-0.05, 0) is 49.2 Å². The maximum absolute atomic E-state index is 13.4. The molecule has 2 aromatic carbocycles. The van der Waals surface area contributed by atoms with Crippen LogP contribution in [-0.4, -0.2) is 26.8 Å². The predicted molar refractivity (Wildman–Crippen MR) is 126 cm³/mol. The summed E-state index contributed by atoms with van der Waals surface area (Å²) >= 11 is 0. The van der Waals surface area contributed by atoms with Crippen molar-refractivity contribution >= 4 is 5.91 Å². The molecule has 4 rings (SSSR count). The van der Waals surface area contributed by atoms with E-state index in [-0.39, 0.29) is 11.3 Å². The fourth-order valence-corrected chi connectivity index (χ4v) is 3.88. The van der Waals surface area contributed by atoms with Crippen LogP contribution in [0.2, 0.25) is 0 Å². The van der Waals surface area contributed by atoms with Crippen molar-refractivity contribution in [1.29, 1.82) is 0 Å². The number of nitrogens with zero attached hydrogens (tertiary/aromatic N) is 3. The number of aryl methyl sites for hydroxylation is 1. The second-order valence-electron chi connectivity index (χ2n) is 7.99. The number of aromatic nitrogens is 3. The number of hydrogen-bond donors (Lipinski definition) is 1. The molecule has 0 fully saturated rings. The Bertz CT molecular complexity index is 1380. The molecule has 6 nitrogen and oxygen atoms in total. The molecule has 4 aromatic rings. The number of amides is 1. The Morgan fingerprint density at radius 1 is 1.03 bits per heavy atom. The number of hydrogen-bond acceptors (Lipinski definition) is 3. The first kappa shape index (κ1) is 24.0. The molecule has 2 aromatic heterocycles. The highest BCUT2D eigenvalue weighted by Crippen LogP contribution is 2.31. The van der Waals surface area contributed by atoms with Crippen molar-refractivity contribution in [3.05, 3.63) is 106 Å². The molecule has 0 saturated carbocycles. The van der Waals surface area contributed by atoms with Crippen LogP contribution in [0.25, 0.3) is 16.8 Å². The van der Waals surface area contributed by atoms with E-state index in [1.165, 1.54) is 18.2 Å².